The maximum absolute atomic E-state index is 13.6. The summed E-state index contributed by atoms with van der Waals surface area (Å²) in [6, 6.07) is 12.9. The van der Waals surface area contributed by atoms with E-state index < -0.39 is 0 Å². The lowest BCUT2D eigenvalue weighted by atomic mass is 10.2. The maximum atomic E-state index is 13.6. The largest absolute Gasteiger partial charge is 0.239 e. The molecule has 18 heavy (non-hydrogen) atoms. The second kappa shape index (κ2) is 4.49. The van der Waals surface area contributed by atoms with E-state index in [0.717, 1.165) is 10.0 Å². The van der Waals surface area contributed by atoms with Crippen molar-refractivity contribution in [2.24, 2.45) is 0 Å². The number of hydrogen-bond acceptors (Lipinski definition) is 2. The summed E-state index contributed by atoms with van der Waals surface area (Å²) in [5, 5.41) is 7.89. The van der Waals surface area contributed by atoms with E-state index in [4.69, 9.17) is 0 Å². The molecule has 0 atom stereocenters. The van der Waals surface area contributed by atoms with Crippen LogP contribution in [0.15, 0.2) is 46.9 Å². The minimum Gasteiger partial charge on any atom is -0.239 e. The zero-order valence-electron chi connectivity index (χ0n) is 9.35. The zero-order valence-corrected chi connectivity index (χ0v) is 10.9. The SMILES string of the molecule is Fc1ccc(Br)c2c1nnn2Cc1ccccc1. The predicted octanol–water partition coefficient (Wildman–Crippen LogP) is 3.38. The number of rotatable bonds is 2. The van der Waals surface area contributed by atoms with Crippen LogP contribution in [-0.2, 0) is 6.54 Å². The Kier molecular flexibility index (Phi) is 2.83. The van der Waals surface area contributed by atoms with Crippen LogP contribution < -0.4 is 0 Å². The fourth-order valence-corrected chi connectivity index (χ4v) is 2.41. The molecule has 0 amide bonds. The van der Waals surface area contributed by atoms with Crippen LogP contribution in [0.4, 0.5) is 4.39 Å². The molecule has 0 radical (unpaired) electrons. The number of benzene rings is 2. The van der Waals surface area contributed by atoms with Crippen LogP contribution in [0, 0.1) is 5.82 Å². The van der Waals surface area contributed by atoms with Crippen molar-refractivity contribution in [3.8, 4) is 0 Å². The van der Waals surface area contributed by atoms with E-state index in [0.29, 0.717) is 17.6 Å². The molecule has 0 fully saturated rings. The van der Waals surface area contributed by atoms with Crippen molar-refractivity contribution < 1.29 is 4.39 Å². The highest BCUT2D eigenvalue weighted by atomic mass is 79.9. The molecule has 90 valence electrons. The average Bonchev–Trinajstić information content (AvgIpc) is 2.80. The van der Waals surface area contributed by atoms with Crippen molar-refractivity contribution in [2.45, 2.75) is 6.54 Å². The van der Waals surface area contributed by atoms with E-state index in [1.54, 1.807) is 10.7 Å². The van der Waals surface area contributed by atoms with Crippen LogP contribution in [0.5, 0.6) is 0 Å². The smallest absolute Gasteiger partial charge is 0.153 e. The van der Waals surface area contributed by atoms with Gasteiger partial charge in [0.25, 0.3) is 0 Å². The van der Waals surface area contributed by atoms with Crippen molar-refractivity contribution in [1.82, 2.24) is 15.0 Å². The summed E-state index contributed by atoms with van der Waals surface area (Å²) >= 11 is 3.41. The summed E-state index contributed by atoms with van der Waals surface area (Å²) in [5.74, 6) is -0.354. The molecule has 0 aliphatic heterocycles. The number of nitrogens with zero attached hydrogens (tertiary/aromatic N) is 3. The summed E-state index contributed by atoms with van der Waals surface area (Å²) in [4.78, 5) is 0. The lowest BCUT2D eigenvalue weighted by molar-refractivity contribution is 0.635. The van der Waals surface area contributed by atoms with E-state index in [1.165, 1.54) is 6.07 Å². The summed E-state index contributed by atoms with van der Waals surface area (Å²) in [6.45, 7) is 0.569. The lowest BCUT2D eigenvalue weighted by Gasteiger charge is -2.03. The Labute approximate surface area is 111 Å². The van der Waals surface area contributed by atoms with Crippen molar-refractivity contribution in [1.29, 1.82) is 0 Å². The van der Waals surface area contributed by atoms with E-state index in [1.807, 2.05) is 30.3 Å². The number of fused-ring (bicyclic) bond motifs is 1. The van der Waals surface area contributed by atoms with Gasteiger partial charge in [0, 0.05) is 4.47 Å². The van der Waals surface area contributed by atoms with Crippen LogP contribution in [0.25, 0.3) is 11.0 Å². The lowest BCUT2D eigenvalue weighted by Crippen LogP contribution is -2.02. The molecular formula is C13H9BrFN3. The summed E-state index contributed by atoms with van der Waals surface area (Å²) in [6.07, 6.45) is 0. The summed E-state index contributed by atoms with van der Waals surface area (Å²) in [5.41, 5.74) is 2.07. The van der Waals surface area contributed by atoms with Crippen LogP contribution in [0.3, 0.4) is 0 Å². The molecule has 0 N–H and O–H groups in total. The van der Waals surface area contributed by atoms with Gasteiger partial charge in [0.15, 0.2) is 5.82 Å². The van der Waals surface area contributed by atoms with Gasteiger partial charge in [0.1, 0.15) is 11.0 Å². The van der Waals surface area contributed by atoms with Gasteiger partial charge in [-0.1, -0.05) is 35.5 Å². The van der Waals surface area contributed by atoms with Crippen molar-refractivity contribution in [3.63, 3.8) is 0 Å². The van der Waals surface area contributed by atoms with E-state index in [2.05, 4.69) is 26.2 Å². The van der Waals surface area contributed by atoms with Crippen LogP contribution in [-0.4, -0.2) is 15.0 Å². The van der Waals surface area contributed by atoms with Gasteiger partial charge in [0.05, 0.1) is 6.54 Å². The minimum atomic E-state index is -0.354. The molecule has 0 saturated heterocycles. The third-order valence-electron chi connectivity index (χ3n) is 2.74. The Balaban J connectivity index is 2.11. The predicted molar refractivity (Wildman–Crippen MR) is 70.7 cm³/mol. The highest BCUT2D eigenvalue weighted by Gasteiger charge is 2.12. The Morgan fingerprint density at radius 3 is 2.67 bits per heavy atom. The van der Waals surface area contributed by atoms with Gasteiger partial charge in [-0.2, -0.15) is 0 Å². The van der Waals surface area contributed by atoms with Crippen molar-refractivity contribution >= 4 is 27.0 Å². The second-order valence-corrected chi connectivity index (χ2v) is 4.81. The monoisotopic (exact) mass is 305 g/mol. The van der Waals surface area contributed by atoms with Gasteiger partial charge in [-0.3, -0.25) is 0 Å². The molecular weight excluding hydrogens is 297 g/mol. The first-order chi connectivity index (χ1) is 8.75. The first-order valence-electron chi connectivity index (χ1n) is 5.47. The Hall–Kier alpha value is -1.75. The van der Waals surface area contributed by atoms with E-state index in [9.17, 15) is 4.39 Å². The van der Waals surface area contributed by atoms with E-state index in [-0.39, 0.29) is 5.82 Å². The van der Waals surface area contributed by atoms with Crippen molar-refractivity contribution in [3.05, 3.63) is 58.3 Å². The van der Waals surface area contributed by atoms with Gasteiger partial charge >= 0.3 is 0 Å². The molecule has 1 heterocycles. The molecule has 0 aliphatic rings. The van der Waals surface area contributed by atoms with Crippen LogP contribution in [0.2, 0.25) is 0 Å². The quantitative estimate of drug-likeness (QED) is 0.726. The topological polar surface area (TPSA) is 30.7 Å². The Morgan fingerprint density at radius 2 is 1.89 bits per heavy atom. The van der Waals surface area contributed by atoms with Gasteiger partial charge in [0.2, 0.25) is 0 Å². The molecule has 0 saturated carbocycles. The van der Waals surface area contributed by atoms with Gasteiger partial charge in [-0.05, 0) is 33.6 Å². The average molecular weight is 306 g/mol. The number of hydrogen-bond donors (Lipinski definition) is 0. The molecule has 0 unspecified atom stereocenters. The normalized spacial score (nSPS) is 11.0. The molecule has 3 rings (SSSR count). The van der Waals surface area contributed by atoms with Crippen LogP contribution >= 0.6 is 15.9 Å². The fraction of sp³-hybridized carbons (Fsp3) is 0.0769. The summed E-state index contributed by atoms with van der Waals surface area (Å²) in [7, 11) is 0. The maximum Gasteiger partial charge on any atom is 0.153 e. The van der Waals surface area contributed by atoms with Crippen LogP contribution in [0.1, 0.15) is 5.56 Å². The molecule has 5 heteroatoms. The highest BCUT2D eigenvalue weighted by molar-refractivity contribution is 9.10. The first kappa shape index (κ1) is 11.3. The van der Waals surface area contributed by atoms with Gasteiger partial charge < -0.3 is 0 Å². The third-order valence-corrected chi connectivity index (χ3v) is 3.38. The summed E-state index contributed by atoms with van der Waals surface area (Å²) < 4.78 is 16.1. The highest BCUT2D eigenvalue weighted by Crippen LogP contribution is 2.24. The molecule has 1 aromatic heterocycles. The molecule has 2 aromatic carbocycles. The Morgan fingerprint density at radius 1 is 1.11 bits per heavy atom. The first-order valence-corrected chi connectivity index (χ1v) is 6.26. The molecule has 0 spiro atoms. The van der Waals surface area contributed by atoms with Gasteiger partial charge in [-0.15, -0.1) is 5.10 Å². The Bertz CT molecular complexity index is 694. The zero-order chi connectivity index (χ0) is 12.5. The van der Waals surface area contributed by atoms with E-state index >= 15 is 0 Å². The van der Waals surface area contributed by atoms with Gasteiger partial charge in [-0.25, -0.2) is 9.07 Å². The van der Waals surface area contributed by atoms with Crippen molar-refractivity contribution in [2.75, 3.05) is 0 Å². The number of halogens is 2. The minimum absolute atomic E-state index is 0.292. The third kappa shape index (κ3) is 1.90. The number of aromatic nitrogens is 3. The second-order valence-electron chi connectivity index (χ2n) is 3.96. The fourth-order valence-electron chi connectivity index (χ4n) is 1.88. The molecule has 3 aromatic rings. The molecule has 0 aliphatic carbocycles. The molecule has 3 nitrogen and oxygen atoms in total. The standard InChI is InChI=1S/C13H9BrFN3/c14-10-6-7-11(15)12-13(10)18(17-16-12)8-9-4-2-1-3-5-9/h1-7H,8H2. The molecule has 0 bridgehead atoms.